The molecule has 0 atom stereocenters. The average Bonchev–Trinajstić information content (AvgIpc) is 2.96. The SMILES string of the molecule is Cc1cc(C)nc(N/N=C2\C=C([NH+]3CCCC3)CC(C)(C)C2)n1. The van der Waals surface area contributed by atoms with Crippen LogP contribution in [-0.2, 0) is 0 Å². The van der Waals surface area contributed by atoms with Crippen LogP contribution in [0.5, 0.6) is 0 Å². The van der Waals surface area contributed by atoms with Gasteiger partial charge in [0.2, 0.25) is 5.95 Å². The predicted molar refractivity (Wildman–Crippen MR) is 93.6 cm³/mol. The zero-order valence-electron chi connectivity index (χ0n) is 14.7. The number of hydrazone groups is 1. The summed E-state index contributed by atoms with van der Waals surface area (Å²) in [7, 11) is 0. The van der Waals surface area contributed by atoms with Gasteiger partial charge < -0.3 is 4.90 Å². The van der Waals surface area contributed by atoms with E-state index in [1.54, 1.807) is 4.90 Å². The maximum atomic E-state index is 4.60. The number of nitrogens with zero attached hydrogens (tertiary/aromatic N) is 3. The lowest BCUT2D eigenvalue weighted by molar-refractivity contribution is -0.849. The van der Waals surface area contributed by atoms with Crippen molar-refractivity contribution in [2.24, 2.45) is 10.5 Å². The lowest BCUT2D eigenvalue weighted by atomic mass is 9.78. The smallest absolute Gasteiger partial charge is 0.243 e. The zero-order valence-corrected chi connectivity index (χ0v) is 14.7. The Bertz CT molecular complexity index is 619. The Hall–Kier alpha value is -1.75. The molecule has 2 heterocycles. The molecular weight excluding hydrogens is 286 g/mol. The molecule has 124 valence electrons. The van der Waals surface area contributed by atoms with Crippen molar-refractivity contribution in [3.8, 4) is 0 Å². The number of hydrogen-bond acceptors (Lipinski definition) is 4. The van der Waals surface area contributed by atoms with Crippen molar-refractivity contribution in [1.29, 1.82) is 0 Å². The van der Waals surface area contributed by atoms with Crippen LogP contribution in [0.3, 0.4) is 0 Å². The molecule has 1 aromatic heterocycles. The average molecular weight is 314 g/mol. The Morgan fingerprint density at radius 2 is 1.74 bits per heavy atom. The summed E-state index contributed by atoms with van der Waals surface area (Å²) >= 11 is 0. The Morgan fingerprint density at radius 3 is 2.39 bits per heavy atom. The first-order valence-electron chi connectivity index (χ1n) is 8.62. The van der Waals surface area contributed by atoms with Crippen molar-refractivity contribution in [1.82, 2.24) is 9.97 Å². The van der Waals surface area contributed by atoms with Crippen LogP contribution in [0.25, 0.3) is 0 Å². The highest BCUT2D eigenvalue weighted by Gasteiger charge is 2.32. The molecule has 2 N–H and O–H groups in total. The first-order valence-corrected chi connectivity index (χ1v) is 8.62. The van der Waals surface area contributed by atoms with Gasteiger partial charge in [-0.1, -0.05) is 13.8 Å². The lowest BCUT2D eigenvalue weighted by Crippen LogP contribution is -3.08. The van der Waals surface area contributed by atoms with E-state index in [9.17, 15) is 0 Å². The van der Waals surface area contributed by atoms with E-state index >= 15 is 0 Å². The molecule has 23 heavy (non-hydrogen) atoms. The molecular formula is C18H28N5+. The molecule has 5 nitrogen and oxygen atoms in total. The van der Waals surface area contributed by atoms with Gasteiger partial charge in [-0.3, -0.25) is 0 Å². The van der Waals surface area contributed by atoms with Crippen molar-refractivity contribution in [2.75, 3.05) is 18.5 Å². The monoisotopic (exact) mass is 314 g/mol. The Balaban J connectivity index is 1.80. The summed E-state index contributed by atoms with van der Waals surface area (Å²) in [5.74, 6) is 0.585. The van der Waals surface area contributed by atoms with E-state index in [0.29, 0.717) is 5.95 Å². The summed E-state index contributed by atoms with van der Waals surface area (Å²) in [6.07, 6.45) is 7.13. The fraction of sp³-hybridized carbons (Fsp3) is 0.611. The van der Waals surface area contributed by atoms with Gasteiger partial charge in [0.05, 0.1) is 18.8 Å². The van der Waals surface area contributed by atoms with E-state index in [1.165, 1.54) is 38.0 Å². The summed E-state index contributed by atoms with van der Waals surface area (Å²) < 4.78 is 0. The minimum absolute atomic E-state index is 0.267. The van der Waals surface area contributed by atoms with E-state index < -0.39 is 0 Å². The number of aromatic nitrogens is 2. The van der Waals surface area contributed by atoms with Gasteiger partial charge in [-0.15, -0.1) is 0 Å². The van der Waals surface area contributed by atoms with Gasteiger partial charge >= 0.3 is 0 Å². The predicted octanol–water partition coefficient (Wildman–Crippen LogP) is 2.24. The molecule has 0 amide bonds. The van der Waals surface area contributed by atoms with Crippen molar-refractivity contribution in [3.05, 3.63) is 29.2 Å². The normalized spacial score (nSPS) is 23.1. The second-order valence-corrected chi connectivity index (χ2v) is 7.69. The van der Waals surface area contributed by atoms with Gasteiger partial charge in [0.15, 0.2) is 0 Å². The van der Waals surface area contributed by atoms with Gasteiger partial charge in [-0.25, -0.2) is 15.4 Å². The van der Waals surface area contributed by atoms with Crippen LogP contribution in [0.2, 0.25) is 0 Å². The van der Waals surface area contributed by atoms with Gasteiger partial charge in [0, 0.05) is 36.7 Å². The fourth-order valence-corrected chi connectivity index (χ4v) is 3.69. The lowest BCUT2D eigenvalue weighted by Gasteiger charge is -2.31. The van der Waals surface area contributed by atoms with Gasteiger partial charge in [-0.05, 0) is 31.7 Å². The molecule has 1 aliphatic heterocycles. The number of rotatable bonds is 3. The standard InChI is InChI=1S/C18H27N5/c1-13-9-14(2)20-17(19-13)22-21-15-10-16(12-18(3,4)11-15)23-7-5-6-8-23/h9-10H,5-8,11-12H2,1-4H3,(H,19,20,22)/p+1/b21-15+. The minimum Gasteiger partial charge on any atom is -0.306 e. The highest BCUT2D eigenvalue weighted by atomic mass is 15.4. The first kappa shape index (κ1) is 16.1. The number of quaternary nitrogens is 1. The molecule has 0 aromatic carbocycles. The third-order valence-corrected chi connectivity index (χ3v) is 4.61. The summed E-state index contributed by atoms with van der Waals surface area (Å²) in [5.41, 5.74) is 7.87. The Labute approximate surface area is 138 Å². The molecule has 0 unspecified atom stereocenters. The maximum Gasteiger partial charge on any atom is 0.243 e. The number of allylic oxidation sites excluding steroid dienone is 2. The first-order chi connectivity index (χ1) is 10.9. The van der Waals surface area contributed by atoms with Crippen molar-refractivity contribution in [3.63, 3.8) is 0 Å². The molecule has 1 saturated heterocycles. The van der Waals surface area contributed by atoms with Gasteiger partial charge in [0.1, 0.15) is 5.70 Å². The highest BCUT2D eigenvalue weighted by molar-refractivity contribution is 5.96. The number of nitrogens with one attached hydrogen (secondary N) is 2. The van der Waals surface area contributed by atoms with Gasteiger partial charge in [0.25, 0.3) is 0 Å². The van der Waals surface area contributed by atoms with Crippen LogP contribution in [-0.4, -0.2) is 28.8 Å². The van der Waals surface area contributed by atoms with Crippen LogP contribution in [0.15, 0.2) is 22.9 Å². The van der Waals surface area contributed by atoms with Crippen LogP contribution in [0, 0.1) is 19.3 Å². The van der Waals surface area contributed by atoms with Crippen LogP contribution in [0.1, 0.15) is 50.9 Å². The molecule has 2 aliphatic rings. The number of aryl methyl sites for hydroxylation is 2. The number of hydrogen-bond donors (Lipinski definition) is 2. The summed E-state index contributed by atoms with van der Waals surface area (Å²) in [6, 6.07) is 1.97. The number of anilines is 1. The van der Waals surface area contributed by atoms with E-state index in [4.69, 9.17) is 0 Å². The summed E-state index contributed by atoms with van der Waals surface area (Å²) in [5, 5.41) is 4.60. The van der Waals surface area contributed by atoms with Crippen LogP contribution in [0.4, 0.5) is 5.95 Å². The van der Waals surface area contributed by atoms with Crippen LogP contribution >= 0.6 is 0 Å². The third kappa shape index (κ3) is 4.16. The molecule has 5 heteroatoms. The van der Waals surface area contributed by atoms with Crippen molar-refractivity contribution in [2.45, 2.75) is 53.4 Å². The summed E-state index contributed by atoms with van der Waals surface area (Å²) in [6.45, 7) is 11.2. The fourth-order valence-electron chi connectivity index (χ4n) is 3.69. The second kappa shape index (κ2) is 6.40. The van der Waals surface area contributed by atoms with Crippen molar-refractivity contribution >= 4 is 11.7 Å². The minimum atomic E-state index is 0.267. The molecule has 0 saturated carbocycles. The number of likely N-dealkylation sites (tertiary alicyclic amines) is 1. The topological polar surface area (TPSA) is 54.6 Å². The van der Waals surface area contributed by atoms with Crippen LogP contribution < -0.4 is 10.3 Å². The molecule has 0 radical (unpaired) electrons. The molecule has 1 aliphatic carbocycles. The molecule has 1 aromatic rings. The van der Waals surface area contributed by atoms with E-state index in [0.717, 1.165) is 23.5 Å². The zero-order chi connectivity index (χ0) is 16.4. The second-order valence-electron chi connectivity index (χ2n) is 7.69. The van der Waals surface area contributed by atoms with Gasteiger partial charge in [-0.2, -0.15) is 5.10 Å². The molecule has 0 spiro atoms. The quantitative estimate of drug-likeness (QED) is 0.841. The molecule has 0 bridgehead atoms. The highest BCUT2D eigenvalue weighted by Crippen LogP contribution is 2.32. The summed E-state index contributed by atoms with van der Waals surface area (Å²) in [4.78, 5) is 10.4. The van der Waals surface area contributed by atoms with E-state index in [-0.39, 0.29) is 5.41 Å². The van der Waals surface area contributed by atoms with E-state index in [2.05, 4.69) is 40.4 Å². The molecule has 1 fully saturated rings. The van der Waals surface area contributed by atoms with E-state index in [1.807, 2.05) is 19.9 Å². The van der Waals surface area contributed by atoms with Crippen molar-refractivity contribution < 1.29 is 4.90 Å². The largest absolute Gasteiger partial charge is 0.306 e. The Morgan fingerprint density at radius 1 is 1.09 bits per heavy atom. The Kier molecular flexibility index (Phi) is 4.48. The molecule has 3 rings (SSSR count). The third-order valence-electron chi connectivity index (χ3n) is 4.61. The maximum absolute atomic E-state index is 4.60.